The van der Waals surface area contributed by atoms with Gasteiger partial charge in [-0.15, -0.1) is 0 Å². The molecule has 6 nitrogen and oxygen atoms in total. The van der Waals surface area contributed by atoms with Gasteiger partial charge in [0.15, 0.2) is 0 Å². The van der Waals surface area contributed by atoms with Gasteiger partial charge in [-0.25, -0.2) is 4.39 Å². The van der Waals surface area contributed by atoms with E-state index < -0.39 is 5.54 Å². The second-order valence-corrected chi connectivity index (χ2v) is 7.86. The third-order valence-electron chi connectivity index (χ3n) is 5.87. The summed E-state index contributed by atoms with van der Waals surface area (Å²) < 4.78 is 26.7. The predicted octanol–water partition coefficient (Wildman–Crippen LogP) is 2.04. The van der Waals surface area contributed by atoms with Gasteiger partial charge in [0.2, 0.25) is 5.91 Å². The van der Waals surface area contributed by atoms with Crippen molar-refractivity contribution < 1.29 is 23.8 Å². The van der Waals surface area contributed by atoms with Gasteiger partial charge in [0.05, 0.1) is 18.8 Å². The van der Waals surface area contributed by atoms with Gasteiger partial charge in [0, 0.05) is 17.2 Å². The number of piperidine rings is 1. The van der Waals surface area contributed by atoms with Crippen molar-refractivity contribution in [3.8, 4) is 16.9 Å². The van der Waals surface area contributed by atoms with E-state index in [-0.39, 0.29) is 37.6 Å². The summed E-state index contributed by atoms with van der Waals surface area (Å²) in [6.45, 7) is 1.35. The number of aliphatic hydroxyl groups excluding tert-OH is 1. The van der Waals surface area contributed by atoms with Crippen LogP contribution in [-0.4, -0.2) is 55.6 Å². The lowest BCUT2D eigenvalue weighted by atomic mass is 9.79. The molecule has 2 heterocycles. The maximum absolute atomic E-state index is 15.6. The highest BCUT2D eigenvalue weighted by atomic mass is 19.1. The summed E-state index contributed by atoms with van der Waals surface area (Å²) in [4.78, 5) is 12.0. The van der Waals surface area contributed by atoms with Gasteiger partial charge in [0.1, 0.15) is 24.8 Å². The number of halogens is 1. The molecule has 160 valence electrons. The molecular formula is C23H27FN2O4. The summed E-state index contributed by atoms with van der Waals surface area (Å²) in [5, 5.41) is 15.6. The Kier molecular flexibility index (Phi) is 6.32. The molecule has 0 aliphatic carbocycles. The Labute approximate surface area is 175 Å². The quantitative estimate of drug-likeness (QED) is 0.674. The molecule has 0 aromatic heterocycles. The topological polar surface area (TPSA) is 79.8 Å². The van der Waals surface area contributed by atoms with Gasteiger partial charge in [-0.05, 0) is 37.4 Å². The minimum atomic E-state index is -0.516. The fourth-order valence-electron chi connectivity index (χ4n) is 4.45. The van der Waals surface area contributed by atoms with Crippen molar-refractivity contribution in [1.82, 2.24) is 10.6 Å². The minimum Gasteiger partial charge on any atom is -0.491 e. The van der Waals surface area contributed by atoms with E-state index in [1.165, 1.54) is 0 Å². The van der Waals surface area contributed by atoms with Crippen LogP contribution in [0.4, 0.5) is 4.39 Å². The number of carbonyl (C=O) groups excluding carboxylic acids is 1. The van der Waals surface area contributed by atoms with E-state index in [0.29, 0.717) is 35.5 Å². The molecular weight excluding hydrogens is 387 g/mol. The summed E-state index contributed by atoms with van der Waals surface area (Å²) in [7, 11) is 0. The van der Waals surface area contributed by atoms with Gasteiger partial charge >= 0.3 is 0 Å². The molecule has 0 unspecified atom stereocenters. The smallest absolute Gasteiger partial charge is 0.246 e. The summed E-state index contributed by atoms with van der Waals surface area (Å²) in [6.07, 6.45) is 2.16. The lowest BCUT2D eigenvalue weighted by molar-refractivity contribution is -0.137. The number of amides is 1. The number of benzene rings is 2. The highest BCUT2D eigenvalue weighted by molar-refractivity contribution is 5.79. The van der Waals surface area contributed by atoms with Crippen molar-refractivity contribution in [2.75, 3.05) is 33.0 Å². The van der Waals surface area contributed by atoms with Crippen LogP contribution in [-0.2, 0) is 16.0 Å². The number of nitrogens with one attached hydrogen (secondary N) is 2. The summed E-state index contributed by atoms with van der Waals surface area (Å²) in [5.41, 5.74) is 1.15. The van der Waals surface area contributed by atoms with Gasteiger partial charge in [-0.3, -0.25) is 4.79 Å². The van der Waals surface area contributed by atoms with E-state index >= 15 is 4.39 Å². The molecule has 7 heteroatoms. The maximum Gasteiger partial charge on any atom is 0.246 e. The second-order valence-electron chi connectivity index (χ2n) is 7.86. The van der Waals surface area contributed by atoms with E-state index in [0.717, 1.165) is 19.4 Å². The Balaban J connectivity index is 1.63. The average Bonchev–Trinajstić information content (AvgIpc) is 2.75. The van der Waals surface area contributed by atoms with Crippen LogP contribution in [0.1, 0.15) is 18.4 Å². The minimum absolute atomic E-state index is 0.0724. The molecule has 2 aromatic carbocycles. The SMILES string of the molecule is O=C1COC[C@@]2(CCCN[C@H]2Cc2cccc(-c3ccccc3OCCO)c2F)N1. The molecule has 0 radical (unpaired) electrons. The van der Waals surface area contributed by atoms with Crippen molar-refractivity contribution in [3.05, 3.63) is 53.8 Å². The summed E-state index contributed by atoms with van der Waals surface area (Å²) in [5.74, 6) is 0.102. The molecule has 2 atom stereocenters. The predicted molar refractivity (Wildman–Crippen MR) is 111 cm³/mol. The molecule has 30 heavy (non-hydrogen) atoms. The van der Waals surface area contributed by atoms with E-state index in [1.807, 2.05) is 24.3 Å². The van der Waals surface area contributed by atoms with Crippen LogP contribution in [0.25, 0.3) is 11.1 Å². The third-order valence-corrected chi connectivity index (χ3v) is 5.87. The largest absolute Gasteiger partial charge is 0.491 e. The molecule has 1 spiro atoms. The van der Waals surface area contributed by atoms with Crippen LogP contribution in [0.15, 0.2) is 42.5 Å². The molecule has 2 aliphatic heterocycles. The Morgan fingerprint density at radius 1 is 1.20 bits per heavy atom. The lowest BCUT2D eigenvalue weighted by Crippen LogP contribution is -2.69. The zero-order chi connectivity index (χ0) is 21.0. The fraction of sp³-hybridized carbons (Fsp3) is 0.435. The lowest BCUT2D eigenvalue weighted by Gasteiger charge is -2.47. The van der Waals surface area contributed by atoms with Crippen LogP contribution in [0.5, 0.6) is 5.75 Å². The highest BCUT2D eigenvalue weighted by Crippen LogP contribution is 2.34. The molecule has 2 saturated heterocycles. The van der Waals surface area contributed by atoms with Crippen molar-refractivity contribution in [2.24, 2.45) is 0 Å². The summed E-state index contributed by atoms with van der Waals surface area (Å²) >= 11 is 0. The van der Waals surface area contributed by atoms with Gasteiger partial charge < -0.3 is 25.2 Å². The van der Waals surface area contributed by atoms with E-state index in [1.54, 1.807) is 18.2 Å². The zero-order valence-electron chi connectivity index (χ0n) is 16.8. The average molecular weight is 414 g/mol. The van der Waals surface area contributed by atoms with Crippen LogP contribution < -0.4 is 15.4 Å². The number of hydrogen-bond donors (Lipinski definition) is 3. The molecule has 3 N–H and O–H groups in total. The van der Waals surface area contributed by atoms with Crippen molar-refractivity contribution in [1.29, 1.82) is 0 Å². The van der Waals surface area contributed by atoms with Crippen molar-refractivity contribution in [2.45, 2.75) is 30.8 Å². The molecule has 2 aliphatic rings. The van der Waals surface area contributed by atoms with E-state index in [4.69, 9.17) is 14.6 Å². The Morgan fingerprint density at radius 3 is 2.87 bits per heavy atom. The van der Waals surface area contributed by atoms with Crippen molar-refractivity contribution in [3.63, 3.8) is 0 Å². The van der Waals surface area contributed by atoms with Crippen LogP contribution in [0.3, 0.4) is 0 Å². The number of carbonyl (C=O) groups is 1. The van der Waals surface area contributed by atoms with Crippen LogP contribution >= 0.6 is 0 Å². The number of para-hydroxylation sites is 1. The van der Waals surface area contributed by atoms with E-state index in [2.05, 4.69) is 10.6 Å². The van der Waals surface area contributed by atoms with Crippen LogP contribution in [0.2, 0.25) is 0 Å². The van der Waals surface area contributed by atoms with Gasteiger partial charge in [-0.1, -0.05) is 36.4 Å². The number of rotatable bonds is 6. The first-order valence-corrected chi connectivity index (χ1v) is 10.4. The first-order valence-electron chi connectivity index (χ1n) is 10.4. The molecule has 4 rings (SSSR count). The second kappa shape index (κ2) is 9.12. The standard InChI is InChI=1S/C23H27FN2O4/c24-22-16(13-20-23(9-4-10-25-20)15-29-14-21(28)26-23)5-3-7-18(22)17-6-1-2-8-19(17)30-12-11-27/h1-3,5-8,20,25,27H,4,9-15H2,(H,26,28)/t20-,23+/m0/s1. The number of hydrogen-bond acceptors (Lipinski definition) is 5. The zero-order valence-corrected chi connectivity index (χ0v) is 16.8. The first-order chi connectivity index (χ1) is 14.6. The fourth-order valence-corrected chi connectivity index (χ4v) is 4.45. The van der Waals surface area contributed by atoms with E-state index in [9.17, 15) is 4.79 Å². The molecule has 2 fully saturated rings. The third kappa shape index (κ3) is 4.19. The number of morpholine rings is 1. The highest BCUT2D eigenvalue weighted by Gasteiger charge is 2.44. The van der Waals surface area contributed by atoms with Gasteiger partial charge in [0.25, 0.3) is 0 Å². The molecule has 0 saturated carbocycles. The Morgan fingerprint density at radius 2 is 2.03 bits per heavy atom. The Bertz CT molecular complexity index is 903. The molecule has 0 bridgehead atoms. The molecule has 2 aromatic rings. The summed E-state index contributed by atoms with van der Waals surface area (Å²) in [6, 6.07) is 12.5. The first kappa shape index (κ1) is 20.8. The van der Waals surface area contributed by atoms with Crippen molar-refractivity contribution >= 4 is 5.91 Å². The van der Waals surface area contributed by atoms with Crippen LogP contribution in [0, 0.1) is 5.82 Å². The Hall–Kier alpha value is -2.48. The van der Waals surface area contributed by atoms with Gasteiger partial charge in [-0.2, -0.15) is 0 Å². The number of aliphatic hydroxyl groups is 1. The maximum atomic E-state index is 15.6. The number of ether oxygens (including phenoxy) is 2. The molecule has 1 amide bonds. The monoisotopic (exact) mass is 414 g/mol. The normalized spacial score (nSPS) is 23.9.